The molecular weight excluding hydrogens is 408 g/mol. The fraction of sp³-hybridized carbons (Fsp3) is 0.542. The first kappa shape index (κ1) is 23.8. The number of carboxylic acid groups (broad SMARTS) is 1. The summed E-state index contributed by atoms with van der Waals surface area (Å²) in [6.45, 7) is 9.01. The van der Waals surface area contributed by atoms with Crippen LogP contribution in [0.5, 0.6) is 5.88 Å². The van der Waals surface area contributed by atoms with Crippen LogP contribution in [0.3, 0.4) is 0 Å². The quantitative estimate of drug-likeness (QED) is 0.521. The van der Waals surface area contributed by atoms with Crippen molar-refractivity contribution in [2.45, 2.75) is 58.4 Å². The second-order valence-electron chi connectivity index (χ2n) is 7.92. The van der Waals surface area contributed by atoms with Crippen molar-refractivity contribution in [2.75, 3.05) is 36.6 Å². The Balaban J connectivity index is 1.96. The maximum Gasteiger partial charge on any atom is 0.303 e. The van der Waals surface area contributed by atoms with E-state index in [2.05, 4.69) is 45.5 Å². The van der Waals surface area contributed by atoms with Crippen LogP contribution in [0.25, 0.3) is 0 Å². The van der Waals surface area contributed by atoms with E-state index >= 15 is 0 Å². The van der Waals surface area contributed by atoms with E-state index in [1.807, 2.05) is 19.9 Å². The van der Waals surface area contributed by atoms with Gasteiger partial charge in [0, 0.05) is 31.9 Å². The van der Waals surface area contributed by atoms with E-state index in [4.69, 9.17) is 9.47 Å². The highest BCUT2D eigenvalue weighted by molar-refractivity contribution is 5.76. The summed E-state index contributed by atoms with van der Waals surface area (Å²) in [6.07, 6.45) is 2.82. The highest BCUT2D eigenvalue weighted by Crippen LogP contribution is 2.36. The van der Waals surface area contributed by atoms with Gasteiger partial charge in [-0.1, -0.05) is 13.0 Å². The molecule has 0 spiro atoms. The minimum Gasteiger partial charge on any atom is -0.481 e. The average molecular weight is 443 g/mol. The second kappa shape index (κ2) is 11.7. The van der Waals surface area contributed by atoms with Gasteiger partial charge in [-0.2, -0.15) is 0 Å². The third kappa shape index (κ3) is 6.09. The zero-order valence-electron chi connectivity index (χ0n) is 19.2. The number of aliphatic carboxylic acids is 1. The number of rotatable bonds is 11. The minimum absolute atomic E-state index is 0.0494. The van der Waals surface area contributed by atoms with Gasteiger partial charge in [0.25, 0.3) is 0 Å². The molecule has 2 heterocycles. The number of hydrogen-bond acceptors (Lipinski definition) is 7. The summed E-state index contributed by atoms with van der Waals surface area (Å²) in [6, 6.07) is 10.2. The molecule has 8 heteroatoms. The molecule has 32 heavy (non-hydrogen) atoms. The molecule has 0 amide bonds. The molecule has 0 saturated carbocycles. The number of nitrogens with one attached hydrogen (secondary N) is 1. The lowest BCUT2D eigenvalue weighted by molar-refractivity contribution is -0.137. The average Bonchev–Trinajstić information content (AvgIpc) is 2.81. The molecule has 174 valence electrons. The van der Waals surface area contributed by atoms with Crippen molar-refractivity contribution >= 4 is 23.2 Å². The molecule has 1 saturated heterocycles. The van der Waals surface area contributed by atoms with Crippen LogP contribution in [0.15, 0.2) is 30.3 Å². The minimum atomic E-state index is -0.787. The van der Waals surface area contributed by atoms with Crippen molar-refractivity contribution in [3.8, 4) is 5.88 Å². The SMILES string of the molecule is CCOc1ccc(Nc2cc([C@H](CC)CC(=O)O)ccc2N(CC)C2CCOCC2)nn1. The van der Waals surface area contributed by atoms with Crippen LogP contribution in [0.4, 0.5) is 17.2 Å². The maximum atomic E-state index is 11.4. The molecule has 3 rings (SSSR count). The molecule has 0 bridgehead atoms. The number of nitrogens with zero attached hydrogens (tertiary/aromatic N) is 3. The van der Waals surface area contributed by atoms with E-state index in [-0.39, 0.29) is 12.3 Å². The second-order valence-corrected chi connectivity index (χ2v) is 7.92. The summed E-state index contributed by atoms with van der Waals surface area (Å²) in [4.78, 5) is 13.8. The van der Waals surface area contributed by atoms with Crippen molar-refractivity contribution in [1.29, 1.82) is 0 Å². The smallest absolute Gasteiger partial charge is 0.303 e. The molecule has 1 fully saturated rings. The van der Waals surface area contributed by atoms with Gasteiger partial charge in [-0.25, -0.2) is 0 Å². The molecule has 1 aromatic heterocycles. The van der Waals surface area contributed by atoms with E-state index < -0.39 is 5.97 Å². The summed E-state index contributed by atoms with van der Waals surface area (Å²) >= 11 is 0. The van der Waals surface area contributed by atoms with Gasteiger partial charge < -0.3 is 24.8 Å². The Kier molecular flexibility index (Phi) is 8.67. The zero-order valence-corrected chi connectivity index (χ0v) is 19.2. The molecular formula is C24H34N4O4. The number of carbonyl (C=O) groups is 1. The molecule has 2 aromatic rings. The molecule has 1 atom stereocenters. The highest BCUT2D eigenvalue weighted by Gasteiger charge is 2.24. The van der Waals surface area contributed by atoms with Gasteiger partial charge >= 0.3 is 5.97 Å². The Hall–Kier alpha value is -2.87. The van der Waals surface area contributed by atoms with Crippen molar-refractivity contribution in [1.82, 2.24) is 10.2 Å². The number of benzene rings is 1. The summed E-state index contributed by atoms with van der Waals surface area (Å²) in [5.41, 5.74) is 2.98. The van der Waals surface area contributed by atoms with E-state index in [9.17, 15) is 9.90 Å². The number of ether oxygens (including phenoxy) is 2. The molecule has 1 aliphatic heterocycles. The Morgan fingerprint density at radius 1 is 1.22 bits per heavy atom. The van der Waals surface area contributed by atoms with E-state index in [0.29, 0.717) is 24.3 Å². The largest absolute Gasteiger partial charge is 0.481 e. The van der Waals surface area contributed by atoms with Crippen molar-refractivity contribution in [2.24, 2.45) is 0 Å². The predicted octanol–water partition coefficient (Wildman–Crippen LogP) is 4.59. The van der Waals surface area contributed by atoms with Gasteiger partial charge in [0.15, 0.2) is 5.82 Å². The van der Waals surface area contributed by atoms with E-state index in [1.165, 1.54) is 0 Å². The van der Waals surface area contributed by atoms with E-state index in [1.54, 1.807) is 6.07 Å². The summed E-state index contributed by atoms with van der Waals surface area (Å²) in [5, 5.41) is 21.1. The van der Waals surface area contributed by atoms with Gasteiger partial charge in [-0.15, -0.1) is 10.2 Å². The van der Waals surface area contributed by atoms with Crippen molar-refractivity contribution in [3.63, 3.8) is 0 Å². The molecule has 1 aliphatic rings. The normalized spacial score (nSPS) is 15.2. The van der Waals surface area contributed by atoms with Crippen LogP contribution in [0.1, 0.15) is 57.9 Å². The standard InChI is InChI=1S/C24H34N4O4/c1-4-17(16-24(29)30)18-7-8-21(28(5-2)19-11-13-31-14-12-19)20(15-18)25-22-9-10-23(27-26-22)32-6-3/h7-10,15,17,19H,4-6,11-14,16H2,1-3H3,(H,25,26)(H,29,30)/t17-/m1/s1. The molecule has 0 aliphatic carbocycles. The van der Waals surface area contributed by atoms with Crippen LogP contribution in [0, 0.1) is 0 Å². The predicted molar refractivity (Wildman–Crippen MR) is 125 cm³/mol. The first-order valence-corrected chi connectivity index (χ1v) is 11.5. The lowest BCUT2D eigenvalue weighted by Gasteiger charge is -2.36. The van der Waals surface area contributed by atoms with Crippen LogP contribution in [0.2, 0.25) is 0 Å². The number of hydrogen-bond donors (Lipinski definition) is 2. The van der Waals surface area contributed by atoms with Crippen molar-refractivity contribution < 1.29 is 19.4 Å². The Labute approximate surface area is 189 Å². The van der Waals surface area contributed by atoms with Crippen molar-refractivity contribution in [3.05, 3.63) is 35.9 Å². The van der Waals surface area contributed by atoms with Gasteiger partial charge in [0.1, 0.15) is 0 Å². The third-order valence-corrected chi connectivity index (χ3v) is 5.88. The Morgan fingerprint density at radius 2 is 2.00 bits per heavy atom. The monoisotopic (exact) mass is 442 g/mol. The summed E-state index contributed by atoms with van der Waals surface area (Å²) in [5.74, 6) is 0.259. The van der Waals surface area contributed by atoms with Crippen LogP contribution >= 0.6 is 0 Å². The highest BCUT2D eigenvalue weighted by atomic mass is 16.5. The van der Waals surface area contributed by atoms with Crippen LogP contribution in [-0.2, 0) is 9.53 Å². The first-order valence-electron chi connectivity index (χ1n) is 11.5. The molecule has 0 unspecified atom stereocenters. The summed E-state index contributed by atoms with van der Waals surface area (Å²) in [7, 11) is 0. The maximum absolute atomic E-state index is 11.4. The topological polar surface area (TPSA) is 96.8 Å². The Morgan fingerprint density at radius 3 is 2.59 bits per heavy atom. The Bertz CT molecular complexity index is 869. The number of aromatic nitrogens is 2. The van der Waals surface area contributed by atoms with Gasteiger partial charge in [-0.05, 0) is 62.8 Å². The van der Waals surface area contributed by atoms with Gasteiger partial charge in [-0.3, -0.25) is 4.79 Å². The third-order valence-electron chi connectivity index (χ3n) is 5.88. The molecule has 1 aromatic carbocycles. The fourth-order valence-electron chi connectivity index (χ4n) is 4.24. The lowest BCUT2D eigenvalue weighted by atomic mass is 9.92. The van der Waals surface area contributed by atoms with Gasteiger partial charge in [0.05, 0.1) is 24.4 Å². The zero-order chi connectivity index (χ0) is 22.9. The number of anilines is 3. The van der Waals surface area contributed by atoms with Crippen LogP contribution in [-0.4, -0.2) is 53.7 Å². The molecule has 2 N–H and O–H groups in total. The number of carboxylic acids is 1. The summed E-state index contributed by atoms with van der Waals surface area (Å²) < 4.78 is 11.0. The van der Waals surface area contributed by atoms with E-state index in [0.717, 1.165) is 56.0 Å². The first-order chi connectivity index (χ1) is 15.5. The fourth-order valence-corrected chi connectivity index (χ4v) is 4.24. The van der Waals surface area contributed by atoms with Crippen LogP contribution < -0.4 is 15.0 Å². The van der Waals surface area contributed by atoms with Gasteiger partial charge in [0.2, 0.25) is 5.88 Å². The lowest BCUT2D eigenvalue weighted by Crippen LogP contribution is -2.39. The molecule has 8 nitrogen and oxygen atoms in total. The molecule has 0 radical (unpaired) electrons.